The Labute approximate surface area is 125 Å². The minimum atomic E-state index is 0.519. The highest BCUT2D eigenvalue weighted by molar-refractivity contribution is 7.98. The Hall–Kier alpha value is -1.16. The summed E-state index contributed by atoms with van der Waals surface area (Å²) in [5.74, 6) is 0.832. The predicted molar refractivity (Wildman–Crippen MR) is 83.3 cm³/mol. The number of halogens is 2. The zero-order valence-corrected chi connectivity index (χ0v) is 12.4. The molecule has 0 fully saturated rings. The van der Waals surface area contributed by atoms with Crippen LogP contribution < -0.4 is 0 Å². The maximum Gasteiger partial charge on any atom is 0.139 e. The van der Waals surface area contributed by atoms with Gasteiger partial charge in [0, 0.05) is 10.5 Å². The van der Waals surface area contributed by atoms with Gasteiger partial charge in [-0.1, -0.05) is 41.4 Å². The van der Waals surface area contributed by atoms with E-state index >= 15 is 0 Å². The van der Waals surface area contributed by atoms with Gasteiger partial charge in [0.2, 0.25) is 0 Å². The molecule has 3 rings (SSSR count). The lowest BCUT2D eigenvalue weighted by Crippen LogP contribution is -1.83. The highest BCUT2D eigenvalue weighted by atomic mass is 35.5. The number of imidazole rings is 1. The zero-order valence-electron chi connectivity index (χ0n) is 10.1. The number of H-pyrrole nitrogens is 1. The van der Waals surface area contributed by atoms with Crippen LogP contribution in [-0.2, 0) is 0 Å². The summed E-state index contributed by atoms with van der Waals surface area (Å²) in [5.41, 5.74) is 2.79. The van der Waals surface area contributed by atoms with Crippen molar-refractivity contribution in [3.05, 3.63) is 46.4 Å². The maximum atomic E-state index is 6.02. The normalized spacial score (nSPS) is 11.1. The van der Waals surface area contributed by atoms with E-state index in [0.717, 1.165) is 22.4 Å². The Bertz CT molecular complexity index is 713. The Morgan fingerprint density at radius 2 is 1.84 bits per heavy atom. The number of benzene rings is 2. The van der Waals surface area contributed by atoms with E-state index in [9.17, 15) is 0 Å². The first-order valence-electron chi connectivity index (χ1n) is 5.67. The molecule has 5 heteroatoms. The molecule has 19 heavy (non-hydrogen) atoms. The molecule has 0 atom stereocenters. The monoisotopic (exact) mass is 308 g/mol. The van der Waals surface area contributed by atoms with E-state index < -0.39 is 0 Å². The van der Waals surface area contributed by atoms with Crippen molar-refractivity contribution in [2.45, 2.75) is 4.90 Å². The predicted octanol–water partition coefficient (Wildman–Crippen LogP) is 5.26. The summed E-state index contributed by atoms with van der Waals surface area (Å²) in [4.78, 5) is 9.05. The van der Waals surface area contributed by atoms with Crippen molar-refractivity contribution in [2.24, 2.45) is 0 Å². The van der Waals surface area contributed by atoms with Crippen molar-refractivity contribution >= 4 is 46.0 Å². The number of fused-ring (bicyclic) bond motifs is 1. The Kier molecular flexibility index (Phi) is 3.44. The summed E-state index contributed by atoms with van der Waals surface area (Å²) in [5, 5.41) is 1.05. The van der Waals surface area contributed by atoms with Crippen molar-refractivity contribution in [3.8, 4) is 11.4 Å². The average molecular weight is 309 g/mol. The summed E-state index contributed by atoms with van der Waals surface area (Å²) in [6.07, 6.45) is 2.05. The first-order chi connectivity index (χ1) is 9.19. The van der Waals surface area contributed by atoms with Gasteiger partial charge in [0.05, 0.1) is 21.1 Å². The van der Waals surface area contributed by atoms with E-state index in [1.165, 1.54) is 4.90 Å². The Morgan fingerprint density at radius 3 is 2.63 bits per heavy atom. The van der Waals surface area contributed by atoms with Crippen molar-refractivity contribution in [3.63, 3.8) is 0 Å². The first-order valence-corrected chi connectivity index (χ1v) is 7.65. The number of aromatic nitrogens is 2. The van der Waals surface area contributed by atoms with Crippen LogP contribution in [0.15, 0.2) is 41.3 Å². The van der Waals surface area contributed by atoms with E-state index in [1.807, 2.05) is 18.2 Å². The van der Waals surface area contributed by atoms with Crippen molar-refractivity contribution in [2.75, 3.05) is 6.26 Å². The third-order valence-electron chi connectivity index (χ3n) is 2.89. The Morgan fingerprint density at radius 1 is 1.11 bits per heavy atom. The van der Waals surface area contributed by atoms with Gasteiger partial charge in [0.15, 0.2) is 0 Å². The van der Waals surface area contributed by atoms with E-state index in [1.54, 1.807) is 23.9 Å². The van der Waals surface area contributed by atoms with Crippen LogP contribution in [-0.4, -0.2) is 16.2 Å². The molecule has 1 N–H and O–H groups in total. The summed E-state index contributed by atoms with van der Waals surface area (Å²) >= 11 is 13.7. The largest absolute Gasteiger partial charge is 0.338 e. The molecule has 0 saturated heterocycles. The lowest BCUT2D eigenvalue weighted by molar-refractivity contribution is 1.29. The number of aromatic amines is 1. The molecule has 0 saturated carbocycles. The second-order valence-corrected chi connectivity index (χ2v) is 5.73. The molecule has 1 aromatic heterocycles. The highest BCUT2D eigenvalue weighted by Gasteiger charge is 2.10. The summed E-state index contributed by atoms with van der Waals surface area (Å²) in [6, 6.07) is 11.7. The number of rotatable bonds is 2. The molecule has 0 radical (unpaired) electrons. The SMILES string of the molecule is CSc1ccccc1-c1nc2cc(Cl)c(Cl)cc2[nH]1. The number of thioether (sulfide) groups is 1. The summed E-state index contributed by atoms with van der Waals surface area (Å²) in [7, 11) is 0. The van der Waals surface area contributed by atoms with E-state index in [-0.39, 0.29) is 0 Å². The van der Waals surface area contributed by atoms with Crippen LogP contribution in [0.2, 0.25) is 10.0 Å². The topological polar surface area (TPSA) is 28.7 Å². The van der Waals surface area contributed by atoms with E-state index in [2.05, 4.69) is 22.3 Å². The molecule has 0 aliphatic rings. The van der Waals surface area contributed by atoms with E-state index in [0.29, 0.717) is 10.0 Å². The van der Waals surface area contributed by atoms with Gasteiger partial charge in [-0.15, -0.1) is 11.8 Å². The lowest BCUT2D eigenvalue weighted by atomic mass is 10.2. The van der Waals surface area contributed by atoms with Gasteiger partial charge in [-0.05, 0) is 24.5 Å². The number of hydrogen-bond acceptors (Lipinski definition) is 2. The van der Waals surface area contributed by atoms with Gasteiger partial charge in [-0.25, -0.2) is 4.98 Å². The van der Waals surface area contributed by atoms with Crippen molar-refractivity contribution in [1.29, 1.82) is 0 Å². The minimum absolute atomic E-state index is 0.519. The second kappa shape index (κ2) is 5.08. The van der Waals surface area contributed by atoms with Gasteiger partial charge in [-0.2, -0.15) is 0 Å². The summed E-state index contributed by atoms with van der Waals surface area (Å²) < 4.78 is 0. The van der Waals surface area contributed by atoms with Crippen LogP contribution in [0.3, 0.4) is 0 Å². The number of nitrogens with one attached hydrogen (secondary N) is 1. The fourth-order valence-electron chi connectivity index (χ4n) is 1.97. The average Bonchev–Trinajstić information content (AvgIpc) is 2.82. The quantitative estimate of drug-likeness (QED) is 0.654. The minimum Gasteiger partial charge on any atom is -0.338 e. The van der Waals surface area contributed by atoms with Crippen LogP contribution >= 0.6 is 35.0 Å². The van der Waals surface area contributed by atoms with Crippen LogP contribution in [0.5, 0.6) is 0 Å². The molecule has 3 aromatic rings. The molecular formula is C14H10Cl2N2S. The second-order valence-electron chi connectivity index (χ2n) is 4.07. The molecule has 0 spiro atoms. The smallest absolute Gasteiger partial charge is 0.139 e. The standard InChI is InChI=1S/C14H10Cl2N2S/c1-19-13-5-3-2-4-8(13)14-17-11-6-9(15)10(16)7-12(11)18-14/h2-7H,1H3,(H,17,18). The molecule has 1 heterocycles. The maximum absolute atomic E-state index is 6.02. The summed E-state index contributed by atoms with van der Waals surface area (Å²) in [6.45, 7) is 0. The molecule has 0 aliphatic heterocycles. The van der Waals surface area contributed by atoms with Crippen molar-refractivity contribution < 1.29 is 0 Å². The molecule has 0 bridgehead atoms. The number of nitrogens with zero attached hydrogens (tertiary/aromatic N) is 1. The van der Waals surface area contributed by atoms with Crippen LogP contribution in [0.25, 0.3) is 22.4 Å². The third kappa shape index (κ3) is 2.34. The molecule has 2 nitrogen and oxygen atoms in total. The van der Waals surface area contributed by atoms with Crippen LogP contribution in [0, 0.1) is 0 Å². The Balaban J connectivity index is 2.20. The molecular weight excluding hydrogens is 299 g/mol. The van der Waals surface area contributed by atoms with Crippen molar-refractivity contribution in [1.82, 2.24) is 9.97 Å². The fourth-order valence-corrected chi connectivity index (χ4v) is 2.89. The van der Waals surface area contributed by atoms with Gasteiger partial charge in [0.25, 0.3) is 0 Å². The molecule has 0 aliphatic carbocycles. The number of hydrogen-bond donors (Lipinski definition) is 1. The van der Waals surface area contributed by atoms with Gasteiger partial charge >= 0.3 is 0 Å². The van der Waals surface area contributed by atoms with E-state index in [4.69, 9.17) is 23.2 Å². The first kappa shape index (κ1) is 12.9. The van der Waals surface area contributed by atoms with Gasteiger partial charge in [-0.3, -0.25) is 0 Å². The molecule has 0 amide bonds. The molecule has 0 unspecified atom stereocenters. The van der Waals surface area contributed by atoms with Gasteiger partial charge in [0.1, 0.15) is 5.82 Å². The van der Waals surface area contributed by atoms with Gasteiger partial charge < -0.3 is 4.98 Å². The van der Waals surface area contributed by atoms with Crippen LogP contribution in [0.1, 0.15) is 0 Å². The molecule has 96 valence electrons. The lowest BCUT2D eigenvalue weighted by Gasteiger charge is -2.02. The fraction of sp³-hybridized carbons (Fsp3) is 0.0714. The van der Waals surface area contributed by atoms with Crippen LogP contribution in [0.4, 0.5) is 0 Å². The third-order valence-corrected chi connectivity index (χ3v) is 4.40. The zero-order chi connectivity index (χ0) is 13.4. The molecule has 2 aromatic carbocycles. The highest BCUT2D eigenvalue weighted by Crippen LogP contribution is 2.32.